The average molecular weight is 403 g/mol. The number of nitrogens with one attached hydrogen (secondary N) is 1. The van der Waals surface area contributed by atoms with Gasteiger partial charge in [0.25, 0.3) is 11.8 Å². The van der Waals surface area contributed by atoms with E-state index >= 15 is 0 Å². The predicted molar refractivity (Wildman–Crippen MR) is 119 cm³/mol. The van der Waals surface area contributed by atoms with Gasteiger partial charge in [-0.15, -0.1) is 11.3 Å². The molecule has 2 amide bonds. The topological polar surface area (TPSA) is 49.4 Å². The predicted octanol–water partition coefficient (Wildman–Crippen LogP) is 5.38. The van der Waals surface area contributed by atoms with Crippen molar-refractivity contribution in [2.45, 2.75) is 27.7 Å². The fourth-order valence-corrected chi connectivity index (χ4v) is 4.30. The SMILES string of the molecule is Cc1ccc(N2C(=O)C(Nc3ccc(C)c(C)c3)=C(c3cccs3)C2=O)c(C)c1. The molecule has 0 bridgehead atoms. The van der Waals surface area contributed by atoms with Crippen LogP contribution < -0.4 is 10.2 Å². The van der Waals surface area contributed by atoms with Gasteiger partial charge in [0, 0.05) is 10.6 Å². The summed E-state index contributed by atoms with van der Waals surface area (Å²) in [5.41, 5.74) is 6.43. The number of imide groups is 1. The Morgan fingerprint density at radius 2 is 1.62 bits per heavy atom. The van der Waals surface area contributed by atoms with Crippen LogP contribution in [0.5, 0.6) is 0 Å². The van der Waals surface area contributed by atoms with Crippen molar-refractivity contribution in [3.63, 3.8) is 0 Å². The normalized spacial score (nSPS) is 14.1. The van der Waals surface area contributed by atoms with Crippen molar-refractivity contribution >= 4 is 40.1 Å². The Balaban J connectivity index is 1.81. The smallest absolute Gasteiger partial charge is 0.282 e. The fraction of sp³-hybridized carbons (Fsp3) is 0.167. The molecule has 0 radical (unpaired) electrons. The van der Waals surface area contributed by atoms with Gasteiger partial charge in [-0.2, -0.15) is 0 Å². The molecule has 0 fully saturated rings. The summed E-state index contributed by atoms with van der Waals surface area (Å²) in [6.07, 6.45) is 0. The van der Waals surface area contributed by atoms with Gasteiger partial charge in [-0.25, -0.2) is 4.90 Å². The Morgan fingerprint density at radius 1 is 0.828 bits per heavy atom. The Bertz CT molecular complexity index is 1160. The minimum Gasteiger partial charge on any atom is -0.350 e. The van der Waals surface area contributed by atoms with Crippen LogP contribution in [-0.2, 0) is 9.59 Å². The maximum Gasteiger partial charge on any atom is 0.282 e. The summed E-state index contributed by atoms with van der Waals surface area (Å²) < 4.78 is 0. The second-order valence-electron chi connectivity index (χ2n) is 7.39. The number of hydrogen-bond acceptors (Lipinski definition) is 4. The van der Waals surface area contributed by atoms with Crippen LogP contribution in [0, 0.1) is 27.7 Å². The van der Waals surface area contributed by atoms with Gasteiger partial charge >= 0.3 is 0 Å². The summed E-state index contributed by atoms with van der Waals surface area (Å²) >= 11 is 1.45. The van der Waals surface area contributed by atoms with Crippen molar-refractivity contribution in [2.75, 3.05) is 10.2 Å². The van der Waals surface area contributed by atoms with Crippen molar-refractivity contribution in [3.8, 4) is 0 Å². The van der Waals surface area contributed by atoms with Gasteiger partial charge in [0.15, 0.2) is 0 Å². The summed E-state index contributed by atoms with van der Waals surface area (Å²) in [6, 6.07) is 15.4. The van der Waals surface area contributed by atoms with Crippen LogP contribution in [0.2, 0.25) is 0 Å². The zero-order valence-electron chi connectivity index (χ0n) is 16.9. The Labute approximate surface area is 174 Å². The van der Waals surface area contributed by atoms with Crippen LogP contribution in [0.3, 0.4) is 0 Å². The molecule has 1 N–H and O–H groups in total. The maximum atomic E-state index is 13.4. The van der Waals surface area contributed by atoms with Crippen LogP contribution in [-0.4, -0.2) is 11.8 Å². The number of thiophene rings is 1. The van der Waals surface area contributed by atoms with Gasteiger partial charge in [-0.05, 0) is 74.0 Å². The first kappa shape index (κ1) is 19.2. The molecule has 0 saturated heterocycles. The number of carbonyl (C=O) groups excluding carboxylic acids is 2. The van der Waals surface area contributed by atoms with Crippen molar-refractivity contribution in [3.05, 3.63) is 86.7 Å². The number of benzene rings is 2. The van der Waals surface area contributed by atoms with Crippen molar-refractivity contribution < 1.29 is 9.59 Å². The monoisotopic (exact) mass is 402 g/mol. The summed E-state index contributed by atoms with van der Waals surface area (Å²) in [5.74, 6) is -0.626. The molecule has 3 aromatic rings. The Hall–Kier alpha value is -3.18. The lowest BCUT2D eigenvalue weighted by atomic mass is 10.1. The highest BCUT2D eigenvalue weighted by Gasteiger charge is 2.41. The standard InChI is InChI=1S/C24H22N2O2S/c1-14-7-10-19(17(4)12-14)26-23(27)21(20-6-5-11-29-20)22(24(26)28)25-18-9-8-15(2)16(3)13-18/h5-13,25H,1-4H3. The Kier molecular flexibility index (Phi) is 4.84. The average Bonchev–Trinajstić information content (AvgIpc) is 3.27. The number of aryl methyl sites for hydroxylation is 4. The van der Waals surface area contributed by atoms with E-state index in [0.29, 0.717) is 17.0 Å². The zero-order chi connectivity index (χ0) is 20.7. The lowest BCUT2D eigenvalue weighted by Crippen LogP contribution is -2.33. The molecule has 1 aliphatic rings. The first-order valence-electron chi connectivity index (χ1n) is 9.45. The van der Waals surface area contributed by atoms with E-state index in [4.69, 9.17) is 0 Å². The third-order valence-corrected chi connectivity index (χ3v) is 6.11. The van der Waals surface area contributed by atoms with E-state index in [1.165, 1.54) is 21.8 Å². The molecule has 2 aromatic carbocycles. The van der Waals surface area contributed by atoms with Crippen LogP contribution in [0.4, 0.5) is 11.4 Å². The molecule has 2 heterocycles. The minimum atomic E-state index is -0.330. The number of rotatable bonds is 4. The molecule has 0 aliphatic carbocycles. The third-order valence-electron chi connectivity index (χ3n) is 5.22. The minimum absolute atomic E-state index is 0.296. The van der Waals surface area contributed by atoms with E-state index < -0.39 is 0 Å². The maximum absolute atomic E-state index is 13.4. The van der Waals surface area contributed by atoms with Gasteiger partial charge in [0.1, 0.15) is 5.70 Å². The number of anilines is 2. The molecule has 0 saturated carbocycles. The van der Waals surface area contributed by atoms with Crippen molar-refractivity contribution in [1.29, 1.82) is 0 Å². The highest BCUT2D eigenvalue weighted by atomic mass is 32.1. The summed E-state index contributed by atoms with van der Waals surface area (Å²) in [7, 11) is 0. The molecule has 146 valence electrons. The fourth-order valence-electron chi connectivity index (χ4n) is 3.53. The molecule has 4 nitrogen and oxygen atoms in total. The molecule has 1 aliphatic heterocycles. The molecule has 0 unspecified atom stereocenters. The summed E-state index contributed by atoms with van der Waals surface area (Å²) in [6.45, 7) is 7.98. The zero-order valence-corrected chi connectivity index (χ0v) is 17.7. The van der Waals surface area contributed by atoms with Crippen LogP contribution in [0.15, 0.2) is 59.6 Å². The van der Waals surface area contributed by atoms with Crippen LogP contribution in [0.1, 0.15) is 27.1 Å². The van der Waals surface area contributed by atoms with E-state index in [9.17, 15) is 9.59 Å². The van der Waals surface area contributed by atoms with E-state index in [-0.39, 0.29) is 11.8 Å². The van der Waals surface area contributed by atoms with E-state index in [1.807, 2.05) is 81.6 Å². The number of carbonyl (C=O) groups is 2. The molecular formula is C24H22N2O2S. The molecule has 4 rings (SSSR count). The van der Waals surface area contributed by atoms with Gasteiger partial charge in [-0.3, -0.25) is 9.59 Å². The third kappa shape index (κ3) is 3.38. The van der Waals surface area contributed by atoms with Gasteiger partial charge in [0.05, 0.1) is 11.3 Å². The molecule has 0 spiro atoms. The van der Waals surface area contributed by atoms with Crippen LogP contribution in [0.25, 0.3) is 5.57 Å². The lowest BCUT2D eigenvalue weighted by Gasteiger charge is -2.18. The second-order valence-corrected chi connectivity index (χ2v) is 8.33. The van der Waals surface area contributed by atoms with Gasteiger partial charge in [-0.1, -0.05) is 29.8 Å². The highest BCUT2D eigenvalue weighted by Crippen LogP contribution is 2.36. The lowest BCUT2D eigenvalue weighted by molar-refractivity contribution is -0.120. The summed E-state index contributed by atoms with van der Waals surface area (Å²) in [5, 5.41) is 5.14. The van der Waals surface area contributed by atoms with E-state index in [1.54, 1.807) is 0 Å². The molecule has 29 heavy (non-hydrogen) atoms. The van der Waals surface area contributed by atoms with E-state index in [2.05, 4.69) is 5.32 Å². The molecule has 5 heteroatoms. The summed E-state index contributed by atoms with van der Waals surface area (Å²) in [4.78, 5) is 28.9. The second kappa shape index (κ2) is 7.33. The molecular weight excluding hydrogens is 380 g/mol. The first-order chi connectivity index (χ1) is 13.9. The van der Waals surface area contributed by atoms with Crippen molar-refractivity contribution in [2.24, 2.45) is 0 Å². The van der Waals surface area contributed by atoms with Gasteiger partial charge < -0.3 is 5.32 Å². The Morgan fingerprint density at radius 3 is 2.28 bits per heavy atom. The number of nitrogens with zero attached hydrogens (tertiary/aromatic N) is 1. The number of hydrogen-bond donors (Lipinski definition) is 1. The largest absolute Gasteiger partial charge is 0.350 e. The van der Waals surface area contributed by atoms with Crippen LogP contribution >= 0.6 is 11.3 Å². The first-order valence-corrected chi connectivity index (χ1v) is 10.3. The molecule has 1 aromatic heterocycles. The quantitative estimate of drug-likeness (QED) is 0.596. The van der Waals surface area contributed by atoms with Crippen molar-refractivity contribution in [1.82, 2.24) is 0 Å². The molecule has 0 atom stereocenters. The van der Waals surface area contributed by atoms with Gasteiger partial charge in [0.2, 0.25) is 0 Å². The highest BCUT2D eigenvalue weighted by molar-refractivity contribution is 7.11. The number of amides is 2. The van der Waals surface area contributed by atoms with E-state index in [0.717, 1.165) is 27.3 Å².